The van der Waals surface area contributed by atoms with E-state index in [1.54, 1.807) is 6.92 Å². The van der Waals surface area contributed by atoms with Crippen molar-refractivity contribution in [2.45, 2.75) is 13.3 Å². The van der Waals surface area contributed by atoms with E-state index in [9.17, 15) is 18.0 Å². The predicted molar refractivity (Wildman–Crippen MR) is 80.6 cm³/mol. The Morgan fingerprint density at radius 1 is 1.48 bits per heavy atom. The molecule has 0 spiro atoms. The highest BCUT2D eigenvalue weighted by Gasteiger charge is 2.31. The molecule has 0 saturated carbocycles. The van der Waals surface area contributed by atoms with Crippen LogP contribution in [0.1, 0.15) is 12.5 Å². The number of benzene rings is 1. The maximum atomic E-state index is 12.2. The van der Waals surface area contributed by atoms with Crippen molar-refractivity contribution < 1.29 is 27.4 Å². The summed E-state index contributed by atoms with van der Waals surface area (Å²) in [7, 11) is 0. The third kappa shape index (κ3) is 4.54. The van der Waals surface area contributed by atoms with Crippen LogP contribution in [-0.4, -0.2) is 28.8 Å². The van der Waals surface area contributed by atoms with Gasteiger partial charge in [-0.1, -0.05) is 11.6 Å². The van der Waals surface area contributed by atoms with E-state index >= 15 is 0 Å². The first-order chi connectivity index (χ1) is 11.7. The number of carbonyl (C=O) groups is 1. The molecule has 1 N–H and O–H groups in total. The highest BCUT2D eigenvalue weighted by atomic mass is 35.5. The largest absolute Gasteiger partial charge is 0.573 e. The van der Waals surface area contributed by atoms with E-state index in [4.69, 9.17) is 21.6 Å². The van der Waals surface area contributed by atoms with E-state index in [1.165, 1.54) is 6.07 Å². The molecule has 0 fully saturated rings. The molecular formula is C14H10ClF3N4O3. The van der Waals surface area contributed by atoms with Crippen LogP contribution in [0, 0.1) is 11.3 Å². The van der Waals surface area contributed by atoms with Crippen molar-refractivity contribution in [3.05, 3.63) is 35.0 Å². The molecule has 1 aromatic heterocycles. The molecule has 2 rings (SSSR count). The lowest BCUT2D eigenvalue weighted by molar-refractivity contribution is -0.274. The number of halogens is 4. The van der Waals surface area contributed by atoms with Gasteiger partial charge in [-0.25, -0.2) is 9.48 Å². The van der Waals surface area contributed by atoms with Gasteiger partial charge in [0.2, 0.25) is 0 Å². The number of nitrogens with zero attached hydrogens (tertiary/aromatic N) is 3. The molecule has 25 heavy (non-hydrogen) atoms. The molecule has 1 heterocycles. The Bertz CT molecular complexity index is 830. The van der Waals surface area contributed by atoms with Crippen molar-refractivity contribution in [3.8, 4) is 17.5 Å². The van der Waals surface area contributed by atoms with E-state index in [0.717, 1.165) is 23.0 Å². The second kappa shape index (κ2) is 7.31. The molecule has 0 atom stereocenters. The summed E-state index contributed by atoms with van der Waals surface area (Å²) in [5.74, 6) is -0.554. The molecule has 0 saturated heterocycles. The fourth-order valence-corrected chi connectivity index (χ4v) is 2.10. The van der Waals surface area contributed by atoms with Crippen LogP contribution in [0.3, 0.4) is 0 Å². The highest BCUT2D eigenvalue weighted by Crippen LogP contribution is 2.31. The Hall–Kier alpha value is -2.93. The van der Waals surface area contributed by atoms with Gasteiger partial charge < -0.3 is 9.47 Å². The van der Waals surface area contributed by atoms with Crippen LogP contribution in [0.15, 0.2) is 24.4 Å². The normalized spacial score (nSPS) is 10.9. The lowest BCUT2D eigenvalue weighted by atomic mass is 10.3. The Morgan fingerprint density at radius 2 is 2.20 bits per heavy atom. The van der Waals surface area contributed by atoms with Crippen molar-refractivity contribution >= 4 is 23.5 Å². The highest BCUT2D eigenvalue weighted by molar-refractivity contribution is 6.32. The van der Waals surface area contributed by atoms with Crippen LogP contribution >= 0.6 is 11.6 Å². The molecule has 1 aromatic carbocycles. The van der Waals surface area contributed by atoms with Gasteiger partial charge in [0.05, 0.1) is 23.5 Å². The Morgan fingerprint density at radius 3 is 2.76 bits per heavy atom. The number of nitrogens with one attached hydrogen (secondary N) is 1. The second-order valence-electron chi connectivity index (χ2n) is 4.44. The minimum Gasteiger partial charge on any atom is -0.450 e. The number of rotatable bonds is 4. The van der Waals surface area contributed by atoms with Gasteiger partial charge in [-0.15, -0.1) is 13.2 Å². The van der Waals surface area contributed by atoms with E-state index < -0.39 is 18.2 Å². The zero-order valence-electron chi connectivity index (χ0n) is 12.6. The summed E-state index contributed by atoms with van der Waals surface area (Å²) in [6.07, 6.45) is -4.52. The van der Waals surface area contributed by atoms with Gasteiger partial charge in [-0.2, -0.15) is 10.4 Å². The van der Waals surface area contributed by atoms with Crippen LogP contribution in [-0.2, 0) is 4.74 Å². The first-order valence-corrected chi connectivity index (χ1v) is 7.10. The smallest absolute Gasteiger partial charge is 0.450 e. The van der Waals surface area contributed by atoms with Crippen LogP contribution in [0.4, 0.5) is 23.8 Å². The number of anilines is 1. The van der Waals surface area contributed by atoms with E-state index in [0.29, 0.717) is 0 Å². The van der Waals surface area contributed by atoms with Crippen LogP contribution in [0.2, 0.25) is 5.02 Å². The van der Waals surface area contributed by atoms with Gasteiger partial charge in [-0.3, -0.25) is 5.32 Å². The van der Waals surface area contributed by atoms with Crippen LogP contribution < -0.4 is 10.1 Å². The van der Waals surface area contributed by atoms with Gasteiger partial charge >= 0.3 is 12.5 Å². The minimum atomic E-state index is -4.86. The quantitative estimate of drug-likeness (QED) is 0.877. The maximum Gasteiger partial charge on any atom is 0.573 e. The lowest BCUT2D eigenvalue weighted by Crippen LogP contribution is -2.18. The summed E-state index contributed by atoms with van der Waals surface area (Å²) in [6, 6.07) is 4.99. The van der Waals surface area contributed by atoms with E-state index in [2.05, 4.69) is 15.2 Å². The molecule has 0 aliphatic rings. The number of hydrogen-bond acceptors (Lipinski definition) is 5. The minimum absolute atomic E-state index is 0.0136. The van der Waals surface area contributed by atoms with Gasteiger partial charge in [0.15, 0.2) is 5.82 Å². The van der Waals surface area contributed by atoms with E-state index in [-0.39, 0.29) is 28.7 Å². The van der Waals surface area contributed by atoms with Crippen molar-refractivity contribution in [1.29, 1.82) is 5.26 Å². The zero-order valence-corrected chi connectivity index (χ0v) is 13.4. The Balaban J connectivity index is 2.40. The average Bonchev–Trinajstić information content (AvgIpc) is 2.88. The summed E-state index contributed by atoms with van der Waals surface area (Å²) >= 11 is 5.98. The fourth-order valence-electron chi connectivity index (χ4n) is 1.85. The third-order valence-electron chi connectivity index (χ3n) is 2.77. The molecule has 0 aliphatic carbocycles. The fraction of sp³-hybridized carbons (Fsp3) is 0.214. The molecule has 2 aromatic rings. The lowest BCUT2D eigenvalue weighted by Gasteiger charge is -2.13. The monoisotopic (exact) mass is 374 g/mol. The average molecular weight is 375 g/mol. The molecule has 132 valence electrons. The molecular weight excluding hydrogens is 365 g/mol. The van der Waals surface area contributed by atoms with Gasteiger partial charge in [0.25, 0.3) is 0 Å². The van der Waals surface area contributed by atoms with Crippen molar-refractivity contribution in [1.82, 2.24) is 9.78 Å². The molecule has 11 heteroatoms. The van der Waals surface area contributed by atoms with Crippen molar-refractivity contribution in [2.24, 2.45) is 0 Å². The van der Waals surface area contributed by atoms with Gasteiger partial charge in [-0.05, 0) is 19.1 Å². The standard InChI is InChI=1S/C14H10ClF3N4O3/c1-2-24-13(23)21-12-8(6-19)7-20-22(12)11-4-3-9(5-10(11)15)25-14(16,17)18/h3-5,7H,2H2,1H3,(H,21,23). The topological polar surface area (TPSA) is 89.2 Å². The molecule has 0 aliphatic heterocycles. The Kier molecular flexibility index (Phi) is 5.38. The first-order valence-electron chi connectivity index (χ1n) is 6.72. The number of ether oxygens (including phenoxy) is 2. The van der Waals surface area contributed by atoms with Crippen molar-refractivity contribution in [3.63, 3.8) is 0 Å². The number of nitriles is 1. The summed E-state index contributed by atoms with van der Waals surface area (Å²) in [5, 5.41) is 15.2. The summed E-state index contributed by atoms with van der Waals surface area (Å²) < 4.78 is 46.3. The number of hydrogen-bond donors (Lipinski definition) is 1. The van der Waals surface area contributed by atoms with Crippen LogP contribution in [0.25, 0.3) is 5.69 Å². The molecule has 0 bridgehead atoms. The summed E-state index contributed by atoms with van der Waals surface area (Å²) in [4.78, 5) is 11.6. The van der Waals surface area contributed by atoms with Gasteiger partial charge in [0.1, 0.15) is 17.4 Å². The first kappa shape index (κ1) is 18.4. The second-order valence-corrected chi connectivity index (χ2v) is 4.84. The number of amides is 1. The van der Waals surface area contributed by atoms with E-state index in [1.807, 2.05) is 6.07 Å². The molecule has 1 amide bonds. The Labute approximate surface area is 144 Å². The SMILES string of the molecule is CCOC(=O)Nc1c(C#N)cnn1-c1ccc(OC(F)(F)F)cc1Cl. The number of carbonyl (C=O) groups excluding carboxylic acids is 1. The van der Waals surface area contributed by atoms with Crippen molar-refractivity contribution in [2.75, 3.05) is 11.9 Å². The number of aromatic nitrogens is 2. The predicted octanol–water partition coefficient (Wildman–Crippen LogP) is 3.86. The molecule has 0 unspecified atom stereocenters. The summed E-state index contributed by atoms with van der Waals surface area (Å²) in [5.41, 5.74) is 0.143. The van der Waals surface area contributed by atoms with Gasteiger partial charge in [0, 0.05) is 6.07 Å². The summed E-state index contributed by atoms with van der Waals surface area (Å²) in [6.45, 7) is 1.70. The van der Waals surface area contributed by atoms with Crippen LogP contribution in [0.5, 0.6) is 5.75 Å². The third-order valence-corrected chi connectivity index (χ3v) is 3.07. The zero-order chi connectivity index (χ0) is 18.6. The maximum absolute atomic E-state index is 12.2. The number of alkyl halides is 3. The molecule has 7 nitrogen and oxygen atoms in total. The molecule has 0 radical (unpaired) electrons.